The maximum atomic E-state index is 12.0. The number of carbonyl (C=O) groups excluding carboxylic acids is 2. The first-order chi connectivity index (χ1) is 27.9. The van der Waals surface area contributed by atoms with Gasteiger partial charge in [0.2, 0.25) is 6.43 Å². The van der Waals surface area contributed by atoms with E-state index in [0.29, 0.717) is 32.0 Å². The van der Waals surface area contributed by atoms with E-state index < -0.39 is 87.9 Å². The highest BCUT2D eigenvalue weighted by Gasteiger charge is 2.41. The van der Waals surface area contributed by atoms with Crippen LogP contribution in [-0.4, -0.2) is 122 Å². The molecule has 0 aromatic rings. The molecule has 1 heterocycles. The maximum Gasteiger partial charge on any atom is 0.469 e. The topological polar surface area (TPSA) is 355 Å². The molecule has 0 spiro atoms. The molecule has 2 saturated carbocycles. The number of phosphoric acid groups is 4. The Hall–Kier alpha value is -0.980. The first-order valence-corrected chi connectivity index (χ1v) is 25.1. The Bertz CT molecular complexity index is 1430. The summed E-state index contributed by atoms with van der Waals surface area (Å²) in [5, 5.41) is 0. The molecule has 61 heavy (non-hydrogen) atoms. The smallest absolute Gasteiger partial charge is 0.460 e. The van der Waals surface area contributed by atoms with Crippen LogP contribution in [0.2, 0.25) is 0 Å². The Morgan fingerprint density at radius 1 is 0.689 bits per heavy atom. The van der Waals surface area contributed by atoms with Crippen molar-refractivity contribution in [3.8, 4) is 0 Å². The van der Waals surface area contributed by atoms with Crippen molar-refractivity contribution in [1.82, 2.24) is 0 Å². The monoisotopic (exact) mass is 983 g/mol. The lowest BCUT2D eigenvalue weighted by atomic mass is 9.75. The van der Waals surface area contributed by atoms with E-state index in [0.717, 1.165) is 32.6 Å². The van der Waals surface area contributed by atoms with Crippen LogP contribution in [-0.2, 0) is 60.2 Å². The molecule has 22 nitrogen and oxygen atoms in total. The minimum absolute atomic E-state index is 0.000324. The number of hydrogen-bond acceptors (Lipinski definition) is 14. The number of alkyl halides is 4. The van der Waals surface area contributed by atoms with E-state index in [1.54, 1.807) is 0 Å². The molecule has 364 valence electrons. The standard InChI is InChI=1S/C11H21O5P.C9H20NO4P.C6H11F2O6P.C5H9F2O6P/c12-17(13,14)16-6-5-11(8-15-9-11)7-10-3-1-2-4-10;10-9(5-6-14-15(11,12)13)7-8-3-1-2-4-8;1-4(9)14-5(2-6(7)8)3-13-15(10,11)12;1-3(8)13-4(5(6)7)2-12-14(9,10)11/h10H,1-9H2,(H2,12,13,14);8-9H,1-7,10H2,(H2,11,12,13);5-6H,2-3H2,1H3,(H2,10,11,12);4-5H,2H2,1H3,(H2,9,10,11). The van der Waals surface area contributed by atoms with Gasteiger partial charge in [0, 0.05) is 31.7 Å². The summed E-state index contributed by atoms with van der Waals surface area (Å²) in [6.45, 7) is 1.67. The second kappa shape index (κ2) is 29.5. The summed E-state index contributed by atoms with van der Waals surface area (Å²) in [5.41, 5.74) is 5.97. The van der Waals surface area contributed by atoms with Gasteiger partial charge >= 0.3 is 43.2 Å². The zero-order chi connectivity index (χ0) is 47.1. The Morgan fingerprint density at radius 3 is 1.52 bits per heavy atom. The van der Waals surface area contributed by atoms with Crippen LogP contribution in [0.15, 0.2) is 0 Å². The fourth-order valence-electron chi connectivity index (χ4n) is 6.38. The van der Waals surface area contributed by atoms with Crippen LogP contribution in [0, 0.1) is 17.3 Å². The van der Waals surface area contributed by atoms with Gasteiger partial charge in [-0.25, -0.2) is 35.8 Å². The van der Waals surface area contributed by atoms with Gasteiger partial charge in [-0.2, -0.15) is 0 Å². The number of ether oxygens (including phenoxy) is 3. The van der Waals surface area contributed by atoms with Crippen molar-refractivity contribution in [3.63, 3.8) is 0 Å². The number of hydrogen-bond donors (Lipinski definition) is 9. The number of phosphoric ester groups is 4. The highest BCUT2D eigenvalue weighted by Crippen LogP contribution is 2.45. The summed E-state index contributed by atoms with van der Waals surface area (Å²) in [5.74, 6) is -0.330. The fourth-order valence-corrected chi connectivity index (χ4v) is 7.76. The van der Waals surface area contributed by atoms with Gasteiger partial charge in [-0.1, -0.05) is 51.4 Å². The number of halogens is 4. The zero-order valence-electron chi connectivity index (χ0n) is 33.7. The van der Waals surface area contributed by atoms with Gasteiger partial charge in [0.25, 0.3) is 6.43 Å². The predicted octanol–water partition coefficient (Wildman–Crippen LogP) is 4.45. The van der Waals surface area contributed by atoms with Gasteiger partial charge in [-0.3, -0.25) is 27.7 Å². The molecule has 0 amide bonds. The van der Waals surface area contributed by atoms with E-state index in [2.05, 4.69) is 27.6 Å². The number of carbonyl (C=O) groups is 2. The average molecular weight is 984 g/mol. The highest BCUT2D eigenvalue weighted by atomic mass is 31.2. The van der Waals surface area contributed by atoms with Crippen LogP contribution in [0.4, 0.5) is 17.6 Å². The molecule has 1 saturated heterocycles. The van der Waals surface area contributed by atoms with Gasteiger partial charge in [-0.15, -0.1) is 0 Å². The minimum atomic E-state index is -4.83. The lowest BCUT2D eigenvalue weighted by molar-refractivity contribution is -0.157. The number of esters is 2. The molecular formula is C31H61F4NO21P4. The summed E-state index contributed by atoms with van der Waals surface area (Å²) < 4.78 is 120. The van der Waals surface area contributed by atoms with Gasteiger partial charge in [0.15, 0.2) is 6.10 Å². The largest absolute Gasteiger partial charge is 0.469 e. The van der Waals surface area contributed by atoms with Crippen molar-refractivity contribution in [3.05, 3.63) is 0 Å². The predicted molar refractivity (Wildman–Crippen MR) is 203 cm³/mol. The van der Waals surface area contributed by atoms with Crippen LogP contribution in [0.3, 0.4) is 0 Å². The molecule has 3 atom stereocenters. The molecule has 0 aromatic heterocycles. The number of rotatable bonds is 23. The maximum absolute atomic E-state index is 12.0. The third kappa shape index (κ3) is 36.0. The summed E-state index contributed by atoms with van der Waals surface area (Å²) in [6, 6.07) is -0.000324. The van der Waals surface area contributed by atoms with Crippen molar-refractivity contribution in [2.24, 2.45) is 23.0 Å². The molecule has 10 N–H and O–H groups in total. The van der Waals surface area contributed by atoms with E-state index in [1.165, 1.54) is 51.4 Å². The molecule has 0 radical (unpaired) electrons. The quantitative estimate of drug-likeness (QED) is 0.0388. The van der Waals surface area contributed by atoms with E-state index in [4.69, 9.17) is 49.6 Å². The Morgan fingerprint density at radius 2 is 1.13 bits per heavy atom. The molecule has 3 unspecified atom stereocenters. The Balaban J connectivity index is 0.000000790. The van der Waals surface area contributed by atoms with Crippen LogP contribution >= 0.6 is 31.3 Å². The van der Waals surface area contributed by atoms with Crippen LogP contribution in [0.25, 0.3) is 0 Å². The Labute approximate surface area is 350 Å². The first-order valence-electron chi connectivity index (χ1n) is 18.9. The highest BCUT2D eigenvalue weighted by molar-refractivity contribution is 7.47. The second-order valence-corrected chi connectivity index (χ2v) is 19.6. The van der Waals surface area contributed by atoms with Crippen LogP contribution < -0.4 is 5.73 Å². The molecule has 30 heteroatoms. The van der Waals surface area contributed by atoms with Gasteiger partial charge in [-0.05, 0) is 37.5 Å². The Kier molecular flexibility index (Phi) is 29.1. The molecule has 2 aliphatic carbocycles. The fraction of sp³-hybridized carbons (Fsp3) is 0.935. The van der Waals surface area contributed by atoms with E-state index in [9.17, 15) is 45.4 Å². The van der Waals surface area contributed by atoms with E-state index in [1.807, 2.05) is 0 Å². The minimum Gasteiger partial charge on any atom is -0.460 e. The molecule has 0 bridgehead atoms. The molecule has 0 aromatic carbocycles. The van der Waals surface area contributed by atoms with Gasteiger partial charge < -0.3 is 59.1 Å². The van der Waals surface area contributed by atoms with Crippen molar-refractivity contribution in [2.75, 3.05) is 39.6 Å². The summed E-state index contributed by atoms with van der Waals surface area (Å²) in [7, 11) is -18.2. The number of nitrogens with two attached hydrogens (primary N) is 1. The van der Waals surface area contributed by atoms with Crippen molar-refractivity contribution >= 4 is 43.2 Å². The molecule has 3 fully saturated rings. The molecule has 3 rings (SSSR count). The SMILES string of the molecule is CC(=O)OC(COP(=O)(O)O)C(F)F.CC(=O)OC(COP(=O)(O)O)CC(F)F.NC(CCOP(=O)(O)O)CC1CCCC1.O=P(O)(O)OCCC1(CC2CCCC2)COC1. The third-order valence-corrected chi connectivity index (χ3v) is 11.0. The van der Waals surface area contributed by atoms with Crippen molar-refractivity contribution in [2.45, 2.75) is 128 Å². The van der Waals surface area contributed by atoms with Crippen molar-refractivity contribution < 1.29 is 117 Å². The lowest BCUT2D eigenvalue weighted by Gasteiger charge is -2.43. The summed E-state index contributed by atoms with van der Waals surface area (Å²) in [6.07, 6.45) is 3.57. The summed E-state index contributed by atoms with van der Waals surface area (Å²) in [4.78, 5) is 87.9. The van der Waals surface area contributed by atoms with Crippen LogP contribution in [0.5, 0.6) is 0 Å². The van der Waals surface area contributed by atoms with E-state index >= 15 is 0 Å². The van der Waals surface area contributed by atoms with Crippen molar-refractivity contribution in [1.29, 1.82) is 0 Å². The van der Waals surface area contributed by atoms with E-state index in [-0.39, 0.29) is 24.7 Å². The zero-order valence-corrected chi connectivity index (χ0v) is 37.3. The normalized spacial score (nSPS) is 18.7. The molecule has 1 aliphatic heterocycles. The van der Waals surface area contributed by atoms with Gasteiger partial charge in [0.05, 0.1) is 33.0 Å². The first kappa shape index (κ1) is 60.0. The molecule has 3 aliphatic rings. The second-order valence-electron chi connectivity index (χ2n) is 14.6. The summed E-state index contributed by atoms with van der Waals surface area (Å²) >= 11 is 0. The van der Waals surface area contributed by atoms with Crippen LogP contribution in [0.1, 0.15) is 97.3 Å². The molecular weight excluding hydrogens is 922 g/mol. The average Bonchev–Trinajstić information content (AvgIpc) is 3.77. The third-order valence-electron chi connectivity index (χ3n) is 8.97. The van der Waals surface area contributed by atoms with Gasteiger partial charge in [0.1, 0.15) is 12.7 Å². The lowest BCUT2D eigenvalue weighted by Crippen LogP contribution is -2.44.